The number of amides is 1. The molecule has 4 fully saturated rings. The highest BCUT2D eigenvalue weighted by Crippen LogP contribution is 2.54. The van der Waals surface area contributed by atoms with E-state index in [1.54, 1.807) is 45.9 Å². The van der Waals surface area contributed by atoms with E-state index in [1.165, 1.54) is 24.6 Å². The molecular weight excluding hydrogens is 1410 g/mol. The number of aliphatic carboxylic acids is 1. The van der Waals surface area contributed by atoms with E-state index in [0.29, 0.717) is 58.3 Å². The molecule has 1 amide bonds. The van der Waals surface area contributed by atoms with Gasteiger partial charge in [-0.3, -0.25) is 24.0 Å². The first-order chi connectivity index (χ1) is 48.2. The molecule has 2 saturated heterocycles. The van der Waals surface area contributed by atoms with Crippen molar-refractivity contribution < 1.29 is 68.9 Å². The summed E-state index contributed by atoms with van der Waals surface area (Å²) in [6.45, 7) is 30.8. The fraction of sp³-hybridized carbons (Fsp3) is 0.525. The fourth-order valence-electron chi connectivity index (χ4n) is 14.9. The van der Waals surface area contributed by atoms with Crippen LogP contribution in [0.25, 0.3) is 22.3 Å². The van der Waals surface area contributed by atoms with Crippen molar-refractivity contribution in [3.63, 3.8) is 0 Å². The topological polar surface area (TPSA) is 196 Å². The second-order valence-corrected chi connectivity index (χ2v) is 30.1. The van der Waals surface area contributed by atoms with Gasteiger partial charge in [0.15, 0.2) is 0 Å². The molecule has 2 unspecified atom stereocenters. The first-order valence-corrected chi connectivity index (χ1v) is 35.6. The number of carboxylic acid groups (broad SMARTS) is 1. The minimum atomic E-state index is -4.75. The van der Waals surface area contributed by atoms with Gasteiger partial charge in [0.2, 0.25) is 5.91 Å². The van der Waals surface area contributed by atoms with Gasteiger partial charge in [-0.15, -0.1) is 0 Å². The summed E-state index contributed by atoms with van der Waals surface area (Å²) in [7, 11) is 0. The van der Waals surface area contributed by atoms with E-state index in [4.69, 9.17) is 15.2 Å². The maximum Gasteiger partial charge on any atom is 0.416 e. The van der Waals surface area contributed by atoms with Gasteiger partial charge in [-0.2, -0.15) is 53.3 Å². The van der Waals surface area contributed by atoms with Crippen LogP contribution in [0.5, 0.6) is 0 Å². The van der Waals surface area contributed by atoms with Gasteiger partial charge >= 0.3 is 30.3 Å². The van der Waals surface area contributed by atoms with Crippen LogP contribution in [0.1, 0.15) is 195 Å². The Morgan fingerprint density at radius 3 is 1.27 bits per heavy atom. The van der Waals surface area contributed by atoms with Crippen LogP contribution in [-0.4, -0.2) is 100 Å². The molecule has 25 heteroatoms. The Morgan fingerprint density at radius 1 is 0.543 bits per heavy atom. The van der Waals surface area contributed by atoms with E-state index in [2.05, 4.69) is 34.2 Å². The highest BCUT2D eigenvalue weighted by atomic mass is 32.1. The number of halogens is 8. The van der Waals surface area contributed by atoms with Gasteiger partial charge in [0, 0.05) is 81.0 Å². The third-order valence-electron chi connectivity index (χ3n) is 20.1. The number of hydrogen-bond acceptors (Lipinski definition) is 11. The average molecular weight is 1510 g/mol. The van der Waals surface area contributed by atoms with Gasteiger partial charge < -0.3 is 44.6 Å². The first kappa shape index (κ1) is 86.6. The Hall–Kier alpha value is -7.32. The largest absolute Gasteiger partial charge is 0.480 e. The first-order valence-electron chi connectivity index (χ1n) is 35.6. The van der Waals surface area contributed by atoms with Crippen LogP contribution in [-0.2, 0) is 53.8 Å². The fourth-order valence-corrected chi connectivity index (χ4v) is 14.9. The van der Waals surface area contributed by atoms with Gasteiger partial charge in [0.1, 0.15) is 23.7 Å². The van der Waals surface area contributed by atoms with Crippen molar-refractivity contribution in [3.8, 4) is 22.3 Å². The number of alkyl halides is 6. The van der Waals surface area contributed by atoms with Crippen molar-refractivity contribution in [2.45, 2.75) is 198 Å². The number of esters is 2. The molecule has 0 radical (unpaired) electrons. The number of likely N-dealkylation sites (tertiary alicyclic amines) is 2. The zero-order valence-corrected chi connectivity index (χ0v) is 64.7. The molecule has 4 aliphatic rings. The van der Waals surface area contributed by atoms with E-state index < -0.39 is 94.8 Å². The van der Waals surface area contributed by atoms with E-state index in [0.717, 1.165) is 98.9 Å². The standard InChI is InChI=1S/C40H49F4N3O4.C21H26FNO2.C19H25F3N2O3.2H2S/c1-8-51-35(49)19-32(30-17-29(16-27(7)37(30)41)36-25(5)14-24(4)15-26(36)6)45-38(50)33(13-23(2)3)47-20-28(31(18-34(47)48)40(42,43)44)9-12-46-21-39(22-46)10-11-39;1-6-25-19(24)11-18(23)17-10-16(9-15(5)21(17)22)20-13(3)7-12(2)8-14(20)4;1-12(2)7-15(17(26)27)24-9-13(14(8-16(24)25)19(20,21)22)3-6-23-10-18(11-23)4-5-18;;/h14-18,20,23,32-33H,8-13,19,21-22H2,1-7H3,(H,45,50);7-10,18H,6,11,23H2,1-5H3;8-9,12,15H,3-7,10-11H2,1-2H3,(H,26,27);2*1H2/t32-,33?;18-;;;/m00.../s1. The highest BCUT2D eigenvalue weighted by molar-refractivity contribution is 7.59. The maximum atomic E-state index is 16.1. The highest BCUT2D eigenvalue weighted by Gasteiger charge is 2.53. The lowest BCUT2D eigenvalue weighted by atomic mass is 9.89. The molecule has 10 rings (SSSR count). The zero-order valence-electron chi connectivity index (χ0n) is 62.7. The number of hydrogen-bond donors (Lipinski definition) is 3. The van der Waals surface area contributed by atoms with Gasteiger partial charge in [0.05, 0.1) is 43.2 Å². The monoisotopic (exact) mass is 1510 g/mol. The molecule has 2 saturated carbocycles. The molecular formula is C80H104F8N6O9S2. The summed E-state index contributed by atoms with van der Waals surface area (Å²) in [5, 5.41) is 12.3. The summed E-state index contributed by atoms with van der Waals surface area (Å²) in [5.41, 5.74) is 14.2. The summed E-state index contributed by atoms with van der Waals surface area (Å²) >= 11 is 0. The van der Waals surface area contributed by atoms with Crippen LogP contribution in [0.4, 0.5) is 35.1 Å². The lowest BCUT2D eigenvalue weighted by Gasteiger charge is -2.40. The van der Waals surface area contributed by atoms with Crippen LogP contribution in [0.3, 0.4) is 0 Å². The van der Waals surface area contributed by atoms with Crippen molar-refractivity contribution in [3.05, 3.63) is 183 Å². The predicted octanol–water partition coefficient (Wildman–Crippen LogP) is 16.0. The van der Waals surface area contributed by atoms with E-state index in [1.807, 2.05) is 80.5 Å². The number of nitrogens with zero attached hydrogens (tertiary/aromatic N) is 4. The Labute approximate surface area is 624 Å². The Morgan fingerprint density at radius 2 is 0.905 bits per heavy atom. The molecule has 4 N–H and O–H groups in total. The third-order valence-corrected chi connectivity index (χ3v) is 20.1. The Kier molecular flexibility index (Phi) is 29.4. The normalized spacial score (nSPS) is 16.0. The lowest BCUT2D eigenvalue weighted by molar-refractivity contribution is -0.144. The average Bonchev–Trinajstić information content (AvgIpc) is 1.63. The quantitative estimate of drug-likeness (QED) is 0.0363. The van der Waals surface area contributed by atoms with Crippen molar-refractivity contribution in [1.29, 1.82) is 0 Å². The zero-order chi connectivity index (χ0) is 76.1. The van der Waals surface area contributed by atoms with Gasteiger partial charge in [-0.05, 0) is 234 Å². The van der Waals surface area contributed by atoms with E-state index >= 15 is 4.39 Å². The number of carbonyl (C=O) groups is 4. The molecule has 4 heterocycles. The Bertz CT molecular complexity index is 4200. The van der Waals surface area contributed by atoms with Crippen LogP contribution < -0.4 is 22.2 Å². The van der Waals surface area contributed by atoms with Gasteiger partial charge in [-0.25, -0.2) is 13.6 Å². The van der Waals surface area contributed by atoms with Gasteiger partial charge in [-0.1, -0.05) is 63.1 Å². The molecule has 2 spiro atoms. The number of rotatable bonds is 25. The van der Waals surface area contributed by atoms with Crippen LogP contribution >= 0.6 is 27.0 Å². The third kappa shape index (κ3) is 22.0. The molecule has 4 atom stereocenters. The lowest BCUT2D eigenvalue weighted by Crippen LogP contribution is -2.49. The van der Waals surface area contributed by atoms with Crippen LogP contribution in [0, 0.1) is 89.7 Å². The number of ether oxygens (including phenoxy) is 2. The van der Waals surface area contributed by atoms with Crippen molar-refractivity contribution in [2.24, 2.45) is 28.4 Å². The number of carboxylic acids is 1. The number of nitrogens with two attached hydrogens (primary N) is 1. The summed E-state index contributed by atoms with van der Waals surface area (Å²) in [4.78, 5) is 80.3. The SMILES string of the molecule is CC(C)CC(C(=O)O)n1cc(CCN2CC3(CC3)C2)c(C(F)(F)F)cc1=O.CCOC(=O)C[C@H](N)c1cc(-c2c(C)cc(C)cc2C)cc(C)c1F.CCOC(=O)C[C@H](NC(=O)C(CC(C)C)n1cc(CCN2CC3(CC3)C2)c(C(F)(F)F)cc1=O)c1cc(-c2c(C)cc(C)cc2C)cc(C)c1F.S.S. The molecule has 15 nitrogen and oxygen atoms in total. The molecule has 6 aromatic rings. The smallest absolute Gasteiger partial charge is 0.416 e. The molecule has 576 valence electrons. The second-order valence-electron chi connectivity index (χ2n) is 30.1. The maximum absolute atomic E-state index is 16.1. The van der Waals surface area contributed by atoms with Gasteiger partial charge in [0.25, 0.3) is 11.1 Å². The summed E-state index contributed by atoms with van der Waals surface area (Å²) in [6, 6.07) is 12.0. The molecule has 105 heavy (non-hydrogen) atoms. The minimum absolute atomic E-state index is 0. The van der Waals surface area contributed by atoms with Crippen molar-refractivity contribution >= 4 is 50.8 Å². The van der Waals surface area contributed by atoms with Crippen LogP contribution in [0.15, 0.2) is 82.6 Å². The molecule has 0 bridgehead atoms. The summed E-state index contributed by atoms with van der Waals surface area (Å²) < 4.78 is 126. The minimum Gasteiger partial charge on any atom is -0.480 e. The van der Waals surface area contributed by atoms with E-state index in [-0.39, 0.29) is 107 Å². The second kappa shape index (κ2) is 35.6. The summed E-state index contributed by atoms with van der Waals surface area (Å²) in [5.74, 6) is -4.13. The van der Waals surface area contributed by atoms with E-state index in [9.17, 15) is 64.6 Å². The number of carbonyl (C=O) groups excluding carboxylic acids is 3. The van der Waals surface area contributed by atoms with Crippen molar-refractivity contribution in [2.75, 3.05) is 52.5 Å². The molecule has 2 aliphatic heterocycles. The number of aromatic nitrogens is 2. The molecule has 4 aromatic carbocycles. The van der Waals surface area contributed by atoms with Crippen LogP contribution in [0.2, 0.25) is 0 Å². The number of aryl methyl sites for hydroxylation is 8. The molecule has 2 aromatic heterocycles. The summed E-state index contributed by atoms with van der Waals surface area (Å²) in [6.07, 6.45) is -2.41. The number of nitrogens with one attached hydrogen (secondary N) is 1. The molecule has 2 aliphatic carbocycles. The number of benzene rings is 4. The predicted molar refractivity (Wildman–Crippen MR) is 402 cm³/mol. The van der Waals surface area contributed by atoms with Crippen molar-refractivity contribution in [1.82, 2.24) is 24.3 Å². The Balaban J connectivity index is 0.000000270. The number of pyridine rings is 2.